The predicted octanol–water partition coefficient (Wildman–Crippen LogP) is 3.10. The van der Waals surface area contributed by atoms with Crippen LogP contribution in [-0.2, 0) is 4.79 Å². The number of hydrogen-bond donors (Lipinski definition) is 2. The van der Waals surface area contributed by atoms with Crippen molar-refractivity contribution in [2.75, 3.05) is 11.6 Å². The van der Waals surface area contributed by atoms with Gasteiger partial charge in [-0.25, -0.2) is 4.68 Å². The summed E-state index contributed by atoms with van der Waals surface area (Å²) in [5.74, 6) is 7.59. The Morgan fingerprint density at radius 2 is 2.04 bits per heavy atom. The number of halogens is 1. The molecule has 3 rings (SSSR count). The molecule has 0 saturated heterocycles. The summed E-state index contributed by atoms with van der Waals surface area (Å²) in [6.07, 6.45) is 4.47. The number of benzene rings is 1. The molecule has 0 aliphatic heterocycles. The number of carbonyl (C=O) groups is 1. The van der Waals surface area contributed by atoms with E-state index in [9.17, 15) is 4.79 Å². The fourth-order valence-electron chi connectivity index (χ4n) is 3.01. The molecule has 1 amide bonds. The Labute approximate surface area is 156 Å². The van der Waals surface area contributed by atoms with Crippen LogP contribution in [0.3, 0.4) is 0 Å². The van der Waals surface area contributed by atoms with E-state index < -0.39 is 0 Å². The molecule has 0 atom stereocenters. The molecular weight excluding hydrogens is 358 g/mol. The molecule has 1 fully saturated rings. The molecule has 1 saturated carbocycles. The summed E-state index contributed by atoms with van der Waals surface area (Å²) in [6.45, 7) is 2.26. The van der Waals surface area contributed by atoms with Crippen molar-refractivity contribution in [1.29, 1.82) is 0 Å². The van der Waals surface area contributed by atoms with Crippen LogP contribution in [-0.4, -0.2) is 32.6 Å². The van der Waals surface area contributed by atoms with E-state index in [1.165, 1.54) is 29.3 Å². The van der Waals surface area contributed by atoms with Gasteiger partial charge in [-0.05, 0) is 43.7 Å². The SMILES string of the molecule is CC1CCC(NC(=O)CSc2nnc(-c3ccccc3Cl)n2N)CC1. The molecule has 1 aromatic carbocycles. The van der Waals surface area contributed by atoms with Gasteiger partial charge >= 0.3 is 0 Å². The number of nitrogens with two attached hydrogens (primary N) is 1. The highest BCUT2D eigenvalue weighted by atomic mass is 35.5. The average molecular weight is 380 g/mol. The standard InChI is InChI=1S/C17H22ClN5OS/c1-11-6-8-12(9-7-11)20-15(24)10-25-17-22-21-16(23(17)19)13-4-2-3-5-14(13)18/h2-5,11-12H,6-10,19H2,1H3,(H,20,24). The van der Waals surface area contributed by atoms with Gasteiger partial charge in [0.05, 0.1) is 10.8 Å². The number of hydrogen-bond acceptors (Lipinski definition) is 5. The van der Waals surface area contributed by atoms with Crippen LogP contribution >= 0.6 is 23.4 Å². The maximum atomic E-state index is 12.2. The van der Waals surface area contributed by atoms with Gasteiger partial charge in [0.25, 0.3) is 0 Å². The number of rotatable bonds is 5. The van der Waals surface area contributed by atoms with Crippen LogP contribution in [0, 0.1) is 5.92 Å². The lowest BCUT2D eigenvalue weighted by molar-refractivity contribution is -0.119. The molecule has 0 bridgehead atoms. The van der Waals surface area contributed by atoms with Gasteiger partial charge in [-0.2, -0.15) is 0 Å². The first-order valence-corrected chi connectivity index (χ1v) is 9.78. The van der Waals surface area contributed by atoms with Crippen LogP contribution in [0.1, 0.15) is 32.6 Å². The molecule has 1 aliphatic rings. The minimum Gasteiger partial charge on any atom is -0.353 e. The Morgan fingerprint density at radius 3 is 2.76 bits per heavy atom. The summed E-state index contributed by atoms with van der Waals surface area (Å²) in [4.78, 5) is 12.2. The van der Waals surface area contributed by atoms with E-state index >= 15 is 0 Å². The Hall–Kier alpha value is -1.73. The summed E-state index contributed by atoms with van der Waals surface area (Å²) in [6, 6.07) is 7.60. The largest absolute Gasteiger partial charge is 0.353 e. The fraction of sp³-hybridized carbons (Fsp3) is 0.471. The molecule has 2 aromatic rings. The molecule has 0 unspecified atom stereocenters. The number of aromatic nitrogens is 3. The van der Waals surface area contributed by atoms with Crippen LogP contribution < -0.4 is 11.2 Å². The molecule has 6 nitrogen and oxygen atoms in total. The summed E-state index contributed by atoms with van der Waals surface area (Å²) >= 11 is 7.45. The van der Waals surface area contributed by atoms with Gasteiger partial charge in [0.2, 0.25) is 11.1 Å². The average Bonchev–Trinajstić information content (AvgIpc) is 2.96. The third-order valence-electron chi connectivity index (χ3n) is 4.49. The molecule has 1 aromatic heterocycles. The number of amides is 1. The van der Waals surface area contributed by atoms with Crippen molar-refractivity contribution in [3.05, 3.63) is 29.3 Å². The van der Waals surface area contributed by atoms with Crippen molar-refractivity contribution in [1.82, 2.24) is 20.2 Å². The Morgan fingerprint density at radius 1 is 1.32 bits per heavy atom. The van der Waals surface area contributed by atoms with Crippen LogP contribution in [0.5, 0.6) is 0 Å². The second-order valence-electron chi connectivity index (χ2n) is 6.47. The number of nitrogens with one attached hydrogen (secondary N) is 1. The van der Waals surface area contributed by atoms with Crippen molar-refractivity contribution in [3.8, 4) is 11.4 Å². The molecule has 3 N–H and O–H groups in total. The zero-order valence-corrected chi connectivity index (χ0v) is 15.7. The van der Waals surface area contributed by atoms with E-state index in [4.69, 9.17) is 17.4 Å². The molecule has 134 valence electrons. The number of carbonyl (C=O) groups excluding carboxylic acids is 1. The van der Waals surface area contributed by atoms with E-state index in [0.717, 1.165) is 18.8 Å². The van der Waals surface area contributed by atoms with E-state index in [2.05, 4.69) is 22.4 Å². The van der Waals surface area contributed by atoms with Gasteiger partial charge in [-0.15, -0.1) is 10.2 Å². The number of nitrogen functional groups attached to an aromatic ring is 1. The second-order valence-corrected chi connectivity index (χ2v) is 7.82. The third-order valence-corrected chi connectivity index (χ3v) is 5.77. The third kappa shape index (κ3) is 4.46. The van der Waals surface area contributed by atoms with Crippen molar-refractivity contribution >= 4 is 29.3 Å². The highest BCUT2D eigenvalue weighted by molar-refractivity contribution is 7.99. The highest BCUT2D eigenvalue weighted by Crippen LogP contribution is 2.27. The van der Waals surface area contributed by atoms with Gasteiger partial charge < -0.3 is 11.2 Å². The molecule has 1 heterocycles. The van der Waals surface area contributed by atoms with Crippen LogP contribution in [0.25, 0.3) is 11.4 Å². The predicted molar refractivity (Wildman–Crippen MR) is 101 cm³/mol. The van der Waals surface area contributed by atoms with Crippen LogP contribution in [0.2, 0.25) is 5.02 Å². The molecule has 1 aliphatic carbocycles. The van der Waals surface area contributed by atoms with E-state index in [1.807, 2.05) is 18.2 Å². The van der Waals surface area contributed by atoms with Crippen molar-refractivity contribution in [2.45, 2.75) is 43.8 Å². The van der Waals surface area contributed by atoms with Gasteiger partial charge in [0, 0.05) is 11.6 Å². The first kappa shape index (κ1) is 18.1. The van der Waals surface area contributed by atoms with Crippen molar-refractivity contribution in [2.24, 2.45) is 5.92 Å². The highest BCUT2D eigenvalue weighted by Gasteiger charge is 2.20. The minimum absolute atomic E-state index is 0.00634. The lowest BCUT2D eigenvalue weighted by Crippen LogP contribution is -2.38. The zero-order chi connectivity index (χ0) is 17.8. The lowest BCUT2D eigenvalue weighted by Gasteiger charge is -2.26. The summed E-state index contributed by atoms with van der Waals surface area (Å²) < 4.78 is 1.38. The smallest absolute Gasteiger partial charge is 0.230 e. The summed E-state index contributed by atoms with van der Waals surface area (Å²) in [5, 5.41) is 12.3. The van der Waals surface area contributed by atoms with E-state index in [1.54, 1.807) is 6.07 Å². The second kappa shape index (κ2) is 8.10. The number of nitrogens with zero attached hydrogens (tertiary/aromatic N) is 3. The fourth-order valence-corrected chi connectivity index (χ4v) is 3.89. The quantitative estimate of drug-likeness (QED) is 0.615. The van der Waals surface area contributed by atoms with Crippen LogP contribution in [0.15, 0.2) is 29.4 Å². The Bertz CT molecular complexity index is 742. The number of thioether (sulfide) groups is 1. The van der Waals surface area contributed by atoms with E-state index in [-0.39, 0.29) is 11.7 Å². The molecule has 8 heteroatoms. The van der Waals surface area contributed by atoms with Gasteiger partial charge in [0.15, 0.2) is 5.82 Å². The first-order chi connectivity index (χ1) is 12.0. The zero-order valence-electron chi connectivity index (χ0n) is 14.1. The van der Waals surface area contributed by atoms with Gasteiger partial charge in [-0.3, -0.25) is 4.79 Å². The van der Waals surface area contributed by atoms with Gasteiger partial charge in [0.1, 0.15) is 0 Å². The normalized spacial score (nSPS) is 20.4. The monoisotopic (exact) mass is 379 g/mol. The Balaban J connectivity index is 1.57. The van der Waals surface area contributed by atoms with Gasteiger partial charge in [-0.1, -0.05) is 42.4 Å². The van der Waals surface area contributed by atoms with Crippen molar-refractivity contribution in [3.63, 3.8) is 0 Å². The first-order valence-electron chi connectivity index (χ1n) is 8.42. The van der Waals surface area contributed by atoms with Crippen LogP contribution in [0.4, 0.5) is 0 Å². The maximum absolute atomic E-state index is 12.2. The molecular formula is C17H22ClN5OS. The minimum atomic E-state index is 0.00634. The topological polar surface area (TPSA) is 85.8 Å². The summed E-state index contributed by atoms with van der Waals surface area (Å²) in [7, 11) is 0. The summed E-state index contributed by atoms with van der Waals surface area (Å²) in [5.41, 5.74) is 0.715. The van der Waals surface area contributed by atoms with Crippen molar-refractivity contribution < 1.29 is 4.79 Å². The lowest BCUT2D eigenvalue weighted by atomic mass is 9.87. The molecule has 0 spiro atoms. The molecule has 25 heavy (non-hydrogen) atoms. The molecule has 0 radical (unpaired) electrons. The van der Waals surface area contributed by atoms with E-state index in [0.29, 0.717) is 27.6 Å². The Kier molecular flexibility index (Phi) is 5.86. The maximum Gasteiger partial charge on any atom is 0.230 e.